The van der Waals surface area contributed by atoms with Crippen LogP contribution in [0.1, 0.15) is 5.56 Å². The third-order valence-electron chi connectivity index (χ3n) is 1.49. The van der Waals surface area contributed by atoms with E-state index in [-0.39, 0.29) is 6.61 Å². The van der Waals surface area contributed by atoms with Gasteiger partial charge in [-0.1, -0.05) is 0 Å². The van der Waals surface area contributed by atoms with Crippen LogP contribution in [0.4, 0.5) is 11.4 Å². The molecule has 0 fully saturated rings. The molecule has 0 aliphatic rings. The molecule has 11 heavy (non-hydrogen) atoms. The standard InChI is InChI=1S/C7H10N2O2/c8-7-3-6(9-11)2-1-5(7)4-10/h1-3,9-11H,4,8H2/p+1. The Hall–Kier alpha value is -1.10. The summed E-state index contributed by atoms with van der Waals surface area (Å²) in [6.07, 6.45) is 0. The highest BCUT2D eigenvalue weighted by atomic mass is 16.5. The molecule has 0 unspecified atom stereocenters. The first-order valence-corrected chi connectivity index (χ1v) is 3.24. The van der Waals surface area contributed by atoms with E-state index in [0.29, 0.717) is 16.9 Å². The predicted molar refractivity (Wildman–Crippen MR) is 40.1 cm³/mol. The first-order valence-electron chi connectivity index (χ1n) is 3.24. The van der Waals surface area contributed by atoms with E-state index in [1.165, 1.54) is 0 Å². The summed E-state index contributed by atoms with van der Waals surface area (Å²) in [5.41, 5.74) is 8.30. The number of anilines is 1. The highest BCUT2D eigenvalue weighted by Gasteiger charge is 2.00. The number of hydrogen-bond donors (Lipinski definition) is 4. The zero-order valence-electron chi connectivity index (χ0n) is 5.99. The van der Waals surface area contributed by atoms with E-state index in [0.717, 1.165) is 5.48 Å². The van der Waals surface area contributed by atoms with Gasteiger partial charge >= 0.3 is 0 Å². The Morgan fingerprint density at radius 2 is 2.18 bits per heavy atom. The number of aliphatic hydroxyl groups is 1. The van der Waals surface area contributed by atoms with Crippen LogP contribution in [0.15, 0.2) is 18.2 Å². The fraction of sp³-hybridized carbons (Fsp3) is 0.143. The molecule has 0 saturated carbocycles. The Balaban J connectivity index is 2.99. The van der Waals surface area contributed by atoms with Crippen molar-refractivity contribution >= 4 is 11.4 Å². The molecular formula is C7H11N2O2+. The van der Waals surface area contributed by atoms with Crippen molar-refractivity contribution in [2.75, 3.05) is 5.73 Å². The van der Waals surface area contributed by atoms with E-state index in [4.69, 9.17) is 16.0 Å². The Morgan fingerprint density at radius 3 is 2.64 bits per heavy atom. The van der Waals surface area contributed by atoms with E-state index in [2.05, 4.69) is 0 Å². The molecule has 0 aliphatic carbocycles. The number of benzene rings is 1. The van der Waals surface area contributed by atoms with Crippen molar-refractivity contribution in [3.63, 3.8) is 0 Å². The third-order valence-corrected chi connectivity index (χ3v) is 1.49. The summed E-state index contributed by atoms with van der Waals surface area (Å²) in [7, 11) is 0. The normalized spacial score (nSPS) is 10.0. The third kappa shape index (κ3) is 1.68. The second-order valence-corrected chi connectivity index (χ2v) is 2.25. The molecule has 4 nitrogen and oxygen atoms in total. The molecule has 1 rings (SSSR count). The maximum Gasteiger partial charge on any atom is 0.163 e. The van der Waals surface area contributed by atoms with Crippen molar-refractivity contribution in [2.45, 2.75) is 6.61 Å². The molecule has 0 spiro atoms. The zero-order valence-corrected chi connectivity index (χ0v) is 5.99. The fourth-order valence-corrected chi connectivity index (χ4v) is 0.838. The highest BCUT2D eigenvalue weighted by molar-refractivity contribution is 5.52. The molecule has 0 saturated heterocycles. The summed E-state index contributed by atoms with van der Waals surface area (Å²) in [5.74, 6) is 0. The molecule has 0 atom stereocenters. The van der Waals surface area contributed by atoms with Gasteiger partial charge in [0.2, 0.25) is 0 Å². The molecule has 6 N–H and O–H groups in total. The average molecular weight is 155 g/mol. The number of aliphatic hydroxyl groups excluding tert-OH is 1. The van der Waals surface area contributed by atoms with E-state index < -0.39 is 0 Å². The Kier molecular flexibility index (Phi) is 2.43. The lowest BCUT2D eigenvalue weighted by Crippen LogP contribution is -2.73. The molecule has 0 amide bonds. The molecule has 1 aromatic rings. The summed E-state index contributed by atoms with van der Waals surface area (Å²) in [6.45, 7) is -0.0719. The van der Waals surface area contributed by atoms with E-state index >= 15 is 0 Å². The van der Waals surface area contributed by atoms with Gasteiger partial charge in [0, 0.05) is 23.4 Å². The smallest absolute Gasteiger partial charge is 0.163 e. The molecule has 0 bridgehead atoms. The van der Waals surface area contributed by atoms with Gasteiger partial charge in [0.05, 0.1) is 6.61 Å². The second kappa shape index (κ2) is 3.34. The number of hydrogen-bond acceptors (Lipinski definition) is 3. The van der Waals surface area contributed by atoms with Crippen molar-refractivity contribution < 1.29 is 15.8 Å². The van der Waals surface area contributed by atoms with Crippen LogP contribution in [-0.4, -0.2) is 10.3 Å². The van der Waals surface area contributed by atoms with Crippen LogP contribution in [0.3, 0.4) is 0 Å². The quantitative estimate of drug-likeness (QED) is 0.338. The molecule has 60 valence electrons. The maximum absolute atomic E-state index is 8.73. The minimum atomic E-state index is -0.0719. The zero-order chi connectivity index (χ0) is 8.27. The monoisotopic (exact) mass is 155 g/mol. The minimum absolute atomic E-state index is 0.0719. The average Bonchev–Trinajstić information content (AvgIpc) is 2.04. The van der Waals surface area contributed by atoms with Crippen molar-refractivity contribution in [2.24, 2.45) is 0 Å². The van der Waals surface area contributed by atoms with Crippen LogP contribution >= 0.6 is 0 Å². The first-order chi connectivity index (χ1) is 5.27. The largest absolute Gasteiger partial charge is 0.398 e. The Bertz CT molecular complexity index is 250. The van der Waals surface area contributed by atoms with Gasteiger partial charge in [0.1, 0.15) is 0 Å². The number of nitrogen functional groups attached to an aromatic ring is 1. The lowest BCUT2D eigenvalue weighted by molar-refractivity contribution is -0.825. The summed E-state index contributed by atoms with van der Waals surface area (Å²) < 4.78 is 0. The topological polar surface area (TPSA) is 83.1 Å². The molecular weight excluding hydrogens is 144 g/mol. The SMILES string of the molecule is Nc1cc([NH2+]O)ccc1CO. The van der Waals surface area contributed by atoms with Crippen molar-refractivity contribution in [3.05, 3.63) is 23.8 Å². The molecule has 4 heteroatoms. The molecule has 0 aliphatic heterocycles. The van der Waals surface area contributed by atoms with E-state index in [9.17, 15) is 0 Å². The minimum Gasteiger partial charge on any atom is -0.398 e. The summed E-state index contributed by atoms with van der Waals surface area (Å²) >= 11 is 0. The summed E-state index contributed by atoms with van der Waals surface area (Å²) in [5, 5.41) is 17.3. The van der Waals surface area contributed by atoms with Gasteiger partial charge in [0.15, 0.2) is 5.69 Å². The predicted octanol–water partition coefficient (Wildman–Crippen LogP) is -0.655. The second-order valence-electron chi connectivity index (χ2n) is 2.25. The Morgan fingerprint density at radius 1 is 1.45 bits per heavy atom. The van der Waals surface area contributed by atoms with Gasteiger partial charge in [-0.25, -0.2) is 5.21 Å². The summed E-state index contributed by atoms with van der Waals surface area (Å²) in [4.78, 5) is 0. The van der Waals surface area contributed by atoms with Gasteiger partial charge in [-0.15, -0.1) is 0 Å². The highest BCUT2D eigenvalue weighted by Crippen LogP contribution is 2.14. The molecule has 0 aromatic heterocycles. The lowest BCUT2D eigenvalue weighted by Gasteiger charge is -2.00. The van der Waals surface area contributed by atoms with Gasteiger partial charge < -0.3 is 10.8 Å². The van der Waals surface area contributed by atoms with Gasteiger partial charge in [-0.2, -0.15) is 5.48 Å². The van der Waals surface area contributed by atoms with Crippen LogP contribution in [-0.2, 0) is 6.61 Å². The maximum atomic E-state index is 8.73. The van der Waals surface area contributed by atoms with Crippen LogP contribution in [0.25, 0.3) is 0 Å². The van der Waals surface area contributed by atoms with Crippen molar-refractivity contribution in [1.29, 1.82) is 0 Å². The lowest BCUT2D eigenvalue weighted by atomic mass is 10.2. The number of quaternary nitrogens is 1. The van der Waals surface area contributed by atoms with Crippen LogP contribution in [0.5, 0.6) is 0 Å². The van der Waals surface area contributed by atoms with Gasteiger partial charge in [-0.05, 0) is 6.07 Å². The van der Waals surface area contributed by atoms with Crippen molar-refractivity contribution in [1.82, 2.24) is 0 Å². The van der Waals surface area contributed by atoms with Crippen LogP contribution in [0.2, 0.25) is 0 Å². The number of nitrogens with two attached hydrogens (primary N) is 2. The molecule has 0 radical (unpaired) electrons. The van der Waals surface area contributed by atoms with Gasteiger partial charge in [0.25, 0.3) is 0 Å². The van der Waals surface area contributed by atoms with Gasteiger partial charge in [-0.3, -0.25) is 0 Å². The van der Waals surface area contributed by atoms with Crippen LogP contribution < -0.4 is 11.2 Å². The Labute approximate surface area is 64.2 Å². The van der Waals surface area contributed by atoms with Crippen LogP contribution in [0, 0.1) is 0 Å². The van der Waals surface area contributed by atoms with E-state index in [1.807, 2.05) is 0 Å². The van der Waals surface area contributed by atoms with E-state index in [1.54, 1.807) is 18.2 Å². The fourth-order valence-electron chi connectivity index (χ4n) is 0.838. The van der Waals surface area contributed by atoms with Crippen molar-refractivity contribution in [3.8, 4) is 0 Å². The first kappa shape index (κ1) is 8.00. The summed E-state index contributed by atoms with van der Waals surface area (Å²) in [6, 6.07) is 4.96. The molecule has 0 heterocycles. The number of rotatable bonds is 2. The molecule has 1 aromatic carbocycles.